The zero-order valence-electron chi connectivity index (χ0n) is 14.3. The van der Waals surface area contributed by atoms with E-state index in [1.54, 1.807) is 6.07 Å². The molecule has 3 N–H and O–H groups in total. The highest BCUT2D eigenvalue weighted by atomic mass is 32.1. The van der Waals surface area contributed by atoms with Gasteiger partial charge >= 0.3 is 0 Å². The number of anilines is 2. The monoisotopic (exact) mass is 367 g/mol. The van der Waals surface area contributed by atoms with Crippen LogP contribution in [-0.2, 0) is 16.0 Å². The molecular weight excluding hydrogens is 346 g/mol. The van der Waals surface area contributed by atoms with Gasteiger partial charge in [-0.15, -0.1) is 0 Å². The fourth-order valence-electron chi connectivity index (χ4n) is 2.52. The maximum absolute atomic E-state index is 12.1. The molecule has 5 nitrogen and oxygen atoms in total. The van der Waals surface area contributed by atoms with Crippen molar-refractivity contribution in [1.82, 2.24) is 5.32 Å². The zero-order chi connectivity index (χ0) is 18.4. The van der Waals surface area contributed by atoms with Gasteiger partial charge in [0.1, 0.15) is 0 Å². The van der Waals surface area contributed by atoms with Gasteiger partial charge in [-0.25, -0.2) is 0 Å². The number of amides is 2. The van der Waals surface area contributed by atoms with Crippen molar-refractivity contribution in [1.29, 1.82) is 0 Å². The molecule has 0 bridgehead atoms. The molecule has 2 amide bonds. The van der Waals surface area contributed by atoms with Gasteiger partial charge in [0.2, 0.25) is 11.8 Å². The SMILES string of the molecule is O=C(CCc1ccccc1)Nc1cccc(NC(=S)NC(=O)C2CC2)c1. The summed E-state index contributed by atoms with van der Waals surface area (Å²) in [6.07, 6.45) is 2.97. The van der Waals surface area contributed by atoms with Crippen LogP contribution >= 0.6 is 12.2 Å². The van der Waals surface area contributed by atoms with Crippen molar-refractivity contribution in [2.75, 3.05) is 10.6 Å². The molecule has 2 aromatic carbocycles. The van der Waals surface area contributed by atoms with E-state index in [1.807, 2.05) is 48.5 Å². The molecule has 0 heterocycles. The molecule has 6 heteroatoms. The van der Waals surface area contributed by atoms with E-state index in [9.17, 15) is 9.59 Å². The average molecular weight is 367 g/mol. The lowest BCUT2D eigenvalue weighted by atomic mass is 10.1. The van der Waals surface area contributed by atoms with Gasteiger partial charge in [0, 0.05) is 23.7 Å². The van der Waals surface area contributed by atoms with Crippen molar-refractivity contribution in [3.05, 3.63) is 60.2 Å². The van der Waals surface area contributed by atoms with E-state index in [4.69, 9.17) is 12.2 Å². The Bertz CT molecular complexity index is 804. The largest absolute Gasteiger partial charge is 0.332 e. The van der Waals surface area contributed by atoms with Crippen LogP contribution in [0.3, 0.4) is 0 Å². The second-order valence-corrected chi connectivity index (χ2v) is 6.74. The van der Waals surface area contributed by atoms with E-state index in [0.717, 1.165) is 18.4 Å². The van der Waals surface area contributed by atoms with Gasteiger partial charge in [-0.2, -0.15) is 0 Å². The lowest BCUT2D eigenvalue weighted by Gasteiger charge is -2.11. The molecular formula is C20H21N3O2S. The molecule has 26 heavy (non-hydrogen) atoms. The van der Waals surface area contributed by atoms with Crippen LogP contribution in [0.2, 0.25) is 0 Å². The highest BCUT2D eigenvalue weighted by Crippen LogP contribution is 2.28. The first-order valence-electron chi connectivity index (χ1n) is 8.66. The summed E-state index contributed by atoms with van der Waals surface area (Å²) in [6, 6.07) is 17.2. The van der Waals surface area contributed by atoms with Crippen molar-refractivity contribution in [2.45, 2.75) is 25.7 Å². The number of thiocarbonyl (C=S) groups is 1. The molecule has 0 aliphatic heterocycles. The Morgan fingerprint density at radius 2 is 1.65 bits per heavy atom. The maximum Gasteiger partial charge on any atom is 0.229 e. The van der Waals surface area contributed by atoms with Crippen LogP contribution in [0.15, 0.2) is 54.6 Å². The van der Waals surface area contributed by atoms with Gasteiger partial charge in [0.15, 0.2) is 5.11 Å². The number of nitrogens with one attached hydrogen (secondary N) is 3. The summed E-state index contributed by atoms with van der Waals surface area (Å²) in [6.45, 7) is 0. The summed E-state index contributed by atoms with van der Waals surface area (Å²) >= 11 is 5.16. The molecule has 1 fully saturated rings. The third kappa shape index (κ3) is 5.67. The lowest BCUT2D eigenvalue weighted by molar-refractivity contribution is -0.120. The quantitative estimate of drug-likeness (QED) is 0.684. The van der Waals surface area contributed by atoms with Crippen LogP contribution in [0.5, 0.6) is 0 Å². The normalized spacial score (nSPS) is 12.9. The van der Waals surface area contributed by atoms with Crippen LogP contribution in [0.25, 0.3) is 0 Å². The zero-order valence-corrected chi connectivity index (χ0v) is 15.1. The Kier molecular flexibility index (Phi) is 5.96. The van der Waals surface area contributed by atoms with Gasteiger partial charge in [-0.05, 0) is 55.2 Å². The second-order valence-electron chi connectivity index (χ2n) is 6.33. The van der Waals surface area contributed by atoms with Gasteiger partial charge in [0.25, 0.3) is 0 Å². The van der Waals surface area contributed by atoms with Crippen molar-refractivity contribution in [2.24, 2.45) is 5.92 Å². The average Bonchev–Trinajstić information content (AvgIpc) is 3.46. The van der Waals surface area contributed by atoms with Crippen LogP contribution < -0.4 is 16.0 Å². The molecule has 3 rings (SSSR count). The Morgan fingerprint density at radius 1 is 0.962 bits per heavy atom. The van der Waals surface area contributed by atoms with Crippen molar-refractivity contribution < 1.29 is 9.59 Å². The van der Waals surface area contributed by atoms with E-state index in [2.05, 4.69) is 16.0 Å². The van der Waals surface area contributed by atoms with Crippen molar-refractivity contribution in [3.63, 3.8) is 0 Å². The molecule has 2 aromatic rings. The predicted octanol–water partition coefficient (Wildman–Crippen LogP) is 3.48. The predicted molar refractivity (Wildman–Crippen MR) is 107 cm³/mol. The van der Waals surface area contributed by atoms with E-state index < -0.39 is 0 Å². The Labute approximate surface area is 158 Å². The van der Waals surface area contributed by atoms with Crippen LogP contribution in [0.4, 0.5) is 11.4 Å². The van der Waals surface area contributed by atoms with E-state index >= 15 is 0 Å². The fourth-order valence-corrected chi connectivity index (χ4v) is 2.74. The third-order valence-corrected chi connectivity index (χ3v) is 4.28. The van der Waals surface area contributed by atoms with E-state index in [1.165, 1.54) is 0 Å². The first-order chi connectivity index (χ1) is 12.6. The van der Waals surface area contributed by atoms with Gasteiger partial charge in [-0.3, -0.25) is 9.59 Å². The van der Waals surface area contributed by atoms with Gasteiger partial charge in [-0.1, -0.05) is 36.4 Å². The fraction of sp³-hybridized carbons (Fsp3) is 0.250. The summed E-state index contributed by atoms with van der Waals surface area (Å²) in [7, 11) is 0. The molecule has 0 atom stereocenters. The number of carbonyl (C=O) groups excluding carboxylic acids is 2. The standard InChI is InChI=1S/C20H21N3O2S/c24-18(12-9-14-5-2-1-3-6-14)21-16-7-4-8-17(13-16)22-20(26)23-19(25)15-10-11-15/h1-8,13,15H,9-12H2,(H,21,24)(H2,22,23,25,26). The Hall–Kier alpha value is -2.73. The molecule has 1 aliphatic rings. The first-order valence-corrected chi connectivity index (χ1v) is 9.06. The summed E-state index contributed by atoms with van der Waals surface area (Å²) in [4.78, 5) is 23.8. The molecule has 0 saturated heterocycles. The van der Waals surface area contributed by atoms with Crippen LogP contribution in [-0.4, -0.2) is 16.9 Å². The third-order valence-electron chi connectivity index (χ3n) is 4.07. The highest BCUT2D eigenvalue weighted by Gasteiger charge is 2.29. The molecule has 134 valence electrons. The number of rotatable bonds is 6. The molecule has 0 aromatic heterocycles. The number of aryl methyl sites for hydroxylation is 1. The van der Waals surface area contributed by atoms with Crippen molar-refractivity contribution >= 4 is 40.5 Å². The van der Waals surface area contributed by atoms with E-state index in [0.29, 0.717) is 24.2 Å². The topological polar surface area (TPSA) is 70.2 Å². The molecule has 1 saturated carbocycles. The van der Waals surface area contributed by atoms with Gasteiger partial charge < -0.3 is 16.0 Å². The minimum atomic E-state index is -0.0457. The Balaban J connectivity index is 1.49. The van der Waals surface area contributed by atoms with Crippen LogP contribution in [0, 0.1) is 5.92 Å². The van der Waals surface area contributed by atoms with Crippen LogP contribution in [0.1, 0.15) is 24.8 Å². The number of hydrogen-bond acceptors (Lipinski definition) is 3. The maximum atomic E-state index is 12.1. The molecule has 1 aliphatic carbocycles. The summed E-state index contributed by atoms with van der Waals surface area (Å²) < 4.78 is 0. The van der Waals surface area contributed by atoms with Crippen molar-refractivity contribution in [3.8, 4) is 0 Å². The number of hydrogen-bond donors (Lipinski definition) is 3. The smallest absolute Gasteiger partial charge is 0.229 e. The second kappa shape index (κ2) is 8.58. The molecule has 0 spiro atoms. The van der Waals surface area contributed by atoms with E-state index in [-0.39, 0.29) is 22.8 Å². The Morgan fingerprint density at radius 3 is 2.35 bits per heavy atom. The summed E-state index contributed by atoms with van der Waals surface area (Å²) in [5, 5.41) is 8.82. The number of carbonyl (C=O) groups is 2. The molecule has 0 unspecified atom stereocenters. The minimum Gasteiger partial charge on any atom is -0.332 e. The number of benzene rings is 2. The highest BCUT2D eigenvalue weighted by molar-refractivity contribution is 7.80. The van der Waals surface area contributed by atoms with Gasteiger partial charge in [0.05, 0.1) is 0 Å². The summed E-state index contributed by atoms with van der Waals surface area (Å²) in [5.41, 5.74) is 2.53. The molecule has 0 radical (unpaired) electrons. The minimum absolute atomic E-state index is 0.0344. The summed E-state index contributed by atoms with van der Waals surface area (Å²) in [5.74, 6) is 0.0217. The lowest BCUT2D eigenvalue weighted by Crippen LogP contribution is -2.35. The first kappa shape index (κ1) is 18.1.